The Labute approximate surface area is 323 Å². The third-order valence-electron chi connectivity index (χ3n) is 8.00. The van der Waals surface area contributed by atoms with E-state index < -0.39 is 27.8 Å². The largest absolute Gasteiger partial charge is 0.480 e. The quantitative estimate of drug-likeness (QED) is 0.102. The maximum Gasteiger partial charge on any atom is 0.326 e. The molecule has 0 spiro atoms. The fourth-order valence-corrected chi connectivity index (χ4v) is 6.07. The second-order valence-corrected chi connectivity index (χ2v) is 16.1. The number of unbranched alkanes of at least 4 members (excludes halogenated alkanes) is 1. The van der Waals surface area contributed by atoms with Crippen LogP contribution in [-0.2, 0) is 25.9 Å². The Balaban J connectivity index is 0.000000651. The molecule has 1 saturated heterocycles. The molecule has 1 fully saturated rings. The van der Waals surface area contributed by atoms with Crippen molar-refractivity contribution in [2.24, 2.45) is 0 Å². The molecule has 52 heavy (non-hydrogen) atoms. The van der Waals surface area contributed by atoms with Crippen LogP contribution in [0.4, 0.5) is 0 Å². The lowest BCUT2D eigenvalue weighted by molar-refractivity contribution is -0.139. The minimum absolute atomic E-state index is 0.201. The van der Waals surface area contributed by atoms with Gasteiger partial charge >= 0.3 is 5.97 Å². The van der Waals surface area contributed by atoms with Crippen LogP contribution >= 0.6 is 25.3 Å². The number of rotatable bonds is 13. The van der Waals surface area contributed by atoms with E-state index in [1.807, 2.05) is 86.7 Å². The third-order valence-corrected chi connectivity index (χ3v) is 9.43. The minimum Gasteiger partial charge on any atom is -0.480 e. The van der Waals surface area contributed by atoms with Gasteiger partial charge in [0.05, 0.1) is 12.4 Å². The molecule has 286 valence electrons. The number of aliphatic carboxylic acids is 1. The van der Waals surface area contributed by atoms with E-state index in [9.17, 15) is 23.1 Å². The highest BCUT2D eigenvalue weighted by molar-refractivity contribution is 7.90. The summed E-state index contributed by atoms with van der Waals surface area (Å²) in [4.78, 5) is 29.3. The molecule has 1 aliphatic heterocycles. The molecule has 1 amide bonds. The summed E-state index contributed by atoms with van der Waals surface area (Å²) < 4.78 is 28.4. The van der Waals surface area contributed by atoms with E-state index in [1.54, 1.807) is 19.3 Å². The maximum atomic E-state index is 13.2. The Morgan fingerprint density at radius 2 is 1.69 bits per heavy atom. The summed E-state index contributed by atoms with van der Waals surface area (Å²) in [5, 5.41) is 12.1. The number of hydrogen-bond acceptors (Lipinski definition) is 8. The Kier molecular flexibility index (Phi) is 23.0. The molecule has 2 unspecified atom stereocenters. The van der Waals surface area contributed by atoms with Crippen LogP contribution in [0.1, 0.15) is 74.4 Å². The Morgan fingerprint density at radius 1 is 1.06 bits per heavy atom. The van der Waals surface area contributed by atoms with Crippen molar-refractivity contribution in [2.45, 2.75) is 83.3 Å². The van der Waals surface area contributed by atoms with Gasteiger partial charge in [0.25, 0.3) is 5.91 Å². The van der Waals surface area contributed by atoms with Crippen LogP contribution in [0, 0.1) is 6.92 Å². The smallest absolute Gasteiger partial charge is 0.326 e. The third kappa shape index (κ3) is 18.9. The molecule has 3 aromatic rings. The number of carbonyl (C=O) groups excluding carboxylic acids is 1. The number of carboxylic acids is 1. The number of benzene rings is 3. The molecule has 1 aliphatic rings. The monoisotopic (exact) mass is 770 g/mol. The van der Waals surface area contributed by atoms with Gasteiger partial charge in [0.15, 0.2) is 0 Å². The summed E-state index contributed by atoms with van der Waals surface area (Å²) in [6, 6.07) is 22.2. The second-order valence-electron chi connectivity index (χ2n) is 12.6. The molecule has 2 N–H and O–H groups in total. The van der Waals surface area contributed by atoms with Crippen LogP contribution in [0.5, 0.6) is 0 Å². The van der Waals surface area contributed by atoms with E-state index >= 15 is 0 Å². The molecular formula is C41H58N2O6S3. The van der Waals surface area contributed by atoms with Gasteiger partial charge in [0.1, 0.15) is 15.9 Å². The summed E-state index contributed by atoms with van der Waals surface area (Å²) in [5.41, 5.74) is 3.99. The van der Waals surface area contributed by atoms with E-state index in [1.165, 1.54) is 12.8 Å². The minimum atomic E-state index is -3.36. The van der Waals surface area contributed by atoms with E-state index in [0.29, 0.717) is 23.8 Å². The summed E-state index contributed by atoms with van der Waals surface area (Å²) in [7, 11) is -1.66. The number of hydrogen-bond donors (Lipinski definition) is 4. The van der Waals surface area contributed by atoms with Crippen LogP contribution in [0.2, 0.25) is 0 Å². The van der Waals surface area contributed by atoms with Crippen molar-refractivity contribution in [3.8, 4) is 11.1 Å². The molecule has 0 aromatic heterocycles. The Morgan fingerprint density at radius 3 is 2.17 bits per heavy atom. The average molecular weight is 771 g/mol. The maximum absolute atomic E-state index is 13.2. The SMILES string of the molecule is C=C/C=C(\C)S.CCCC.COCC1CCCN1Cc1ccc(C(=O)NC(CCS(C)(=O)=O)C(=O)O)c(-c2ccccc2C)c1.Sc1ccccc1. The summed E-state index contributed by atoms with van der Waals surface area (Å²) in [6.07, 6.45) is 9.23. The van der Waals surface area contributed by atoms with E-state index in [-0.39, 0.29) is 12.2 Å². The van der Waals surface area contributed by atoms with Crippen molar-refractivity contribution >= 4 is 47.0 Å². The predicted molar refractivity (Wildman–Crippen MR) is 222 cm³/mol. The predicted octanol–water partition coefficient (Wildman–Crippen LogP) is 8.68. The van der Waals surface area contributed by atoms with Gasteiger partial charge < -0.3 is 15.2 Å². The zero-order valence-electron chi connectivity index (χ0n) is 31.5. The zero-order chi connectivity index (χ0) is 39.1. The number of nitrogens with zero attached hydrogens (tertiary/aromatic N) is 1. The molecule has 11 heteroatoms. The number of aryl methyl sites for hydroxylation is 1. The summed E-state index contributed by atoms with van der Waals surface area (Å²) in [5.74, 6) is -2.14. The molecule has 8 nitrogen and oxygen atoms in total. The first-order valence-electron chi connectivity index (χ1n) is 17.5. The number of carbonyl (C=O) groups is 2. The van der Waals surface area contributed by atoms with Crippen molar-refractivity contribution in [1.82, 2.24) is 10.2 Å². The van der Waals surface area contributed by atoms with Crippen molar-refractivity contribution in [1.29, 1.82) is 0 Å². The van der Waals surface area contributed by atoms with Crippen LogP contribution in [-0.4, -0.2) is 74.7 Å². The number of carboxylic acid groups (broad SMARTS) is 1. The van der Waals surface area contributed by atoms with Crippen molar-refractivity contribution in [3.05, 3.63) is 113 Å². The molecule has 1 heterocycles. The first-order valence-corrected chi connectivity index (χ1v) is 20.5. The van der Waals surface area contributed by atoms with Gasteiger partial charge in [-0.05, 0) is 91.1 Å². The lowest BCUT2D eigenvalue weighted by Gasteiger charge is -2.24. The summed E-state index contributed by atoms with van der Waals surface area (Å²) >= 11 is 8.05. The first kappa shape index (κ1) is 46.7. The van der Waals surface area contributed by atoms with E-state index in [4.69, 9.17) is 4.74 Å². The number of nitrogens with one attached hydrogen (secondary N) is 1. The zero-order valence-corrected chi connectivity index (χ0v) is 34.2. The Hall–Kier alpha value is -3.35. The molecule has 0 aliphatic carbocycles. The molecule has 3 aromatic carbocycles. The highest BCUT2D eigenvalue weighted by atomic mass is 32.2. The highest BCUT2D eigenvalue weighted by Crippen LogP contribution is 2.30. The number of methoxy groups -OCH3 is 1. The van der Waals surface area contributed by atoms with Crippen molar-refractivity contribution in [2.75, 3.05) is 32.3 Å². The number of thiol groups is 2. The molecule has 0 radical (unpaired) electrons. The molecular weight excluding hydrogens is 713 g/mol. The van der Waals surface area contributed by atoms with Gasteiger partial charge in [-0.2, -0.15) is 0 Å². The van der Waals surface area contributed by atoms with Crippen molar-refractivity contribution in [3.63, 3.8) is 0 Å². The normalized spacial score (nSPS) is 14.7. The van der Waals surface area contributed by atoms with E-state index in [2.05, 4.69) is 55.9 Å². The number of sulfone groups is 1. The fourth-order valence-electron chi connectivity index (χ4n) is 5.13. The van der Waals surface area contributed by atoms with Gasteiger partial charge in [-0.3, -0.25) is 9.69 Å². The van der Waals surface area contributed by atoms with Gasteiger partial charge in [-0.1, -0.05) is 94.0 Å². The number of likely N-dealkylation sites (tertiary alicyclic amines) is 1. The second kappa shape index (κ2) is 25.6. The van der Waals surface area contributed by atoms with Gasteiger partial charge in [-0.25, -0.2) is 13.2 Å². The molecule has 2 atom stereocenters. The van der Waals surface area contributed by atoms with Gasteiger partial charge in [0.2, 0.25) is 0 Å². The van der Waals surface area contributed by atoms with Crippen LogP contribution in [0.3, 0.4) is 0 Å². The van der Waals surface area contributed by atoms with E-state index in [0.717, 1.165) is 58.7 Å². The lowest BCUT2D eigenvalue weighted by Crippen LogP contribution is -2.42. The molecule has 4 rings (SSSR count). The molecule has 0 saturated carbocycles. The first-order chi connectivity index (χ1) is 24.7. The van der Waals surface area contributed by atoms with Crippen LogP contribution in [0.15, 0.2) is 101 Å². The van der Waals surface area contributed by atoms with Gasteiger partial charge in [0, 0.05) is 36.4 Å². The van der Waals surface area contributed by atoms with Crippen LogP contribution < -0.4 is 5.32 Å². The summed E-state index contributed by atoms with van der Waals surface area (Å²) in [6.45, 7) is 14.1. The average Bonchev–Trinajstić information content (AvgIpc) is 3.53. The topological polar surface area (TPSA) is 113 Å². The number of amides is 1. The Bertz CT molecular complexity index is 1660. The highest BCUT2D eigenvalue weighted by Gasteiger charge is 2.26. The number of ether oxygens (including phenoxy) is 1. The van der Waals surface area contributed by atoms with Crippen LogP contribution in [0.25, 0.3) is 11.1 Å². The van der Waals surface area contributed by atoms with Crippen molar-refractivity contribution < 1.29 is 27.9 Å². The number of allylic oxidation sites excluding steroid dienone is 3. The van der Waals surface area contributed by atoms with Gasteiger partial charge in [-0.15, -0.1) is 25.3 Å². The lowest BCUT2D eigenvalue weighted by atomic mass is 9.93. The molecule has 0 bridgehead atoms. The standard InChI is InChI=1S/C26H34N2O6S.C6H6S.C5H8S.C4H10/c1-18-7-4-5-9-21(18)23-15-19(16-28-13-6-8-20(28)17-34-2)10-11-22(23)25(29)27-24(26(30)31)12-14-35(3,32)33;7-6-4-2-1-3-5-6;1-3-4-5(2)6;1-3-4-2/h4-5,7,9-11,15,20,24H,6,8,12-14,16-17H2,1-3H3,(H,27,29)(H,30,31);1-5,7H;3-4,6H,1H2,2H3;3-4H2,1-2H3/b;;5-4+;. The fraction of sp³-hybridized carbons (Fsp3) is 0.415.